The van der Waals surface area contributed by atoms with E-state index in [1.807, 2.05) is 0 Å². The summed E-state index contributed by atoms with van der Waals surface area (Å²) < 4.78 is 40.5. The van der Waals surface area contributed by atoms with E-state index in [2.05, 4.69) is 21.5 Å². The molecule has 2 N–H and O–H groups in total. The van der Waals surface area contributed by atoms with Gasteiger partial charge in [-0.3, -0.25) is 15.0 Å². The van der Waals surface area contributed by atoms with Gasteiger partial charge in [-0.2, -0.15) is 10.3 Å². The van der Waals surface area contributed by atoms with Gasteiger partial charge in [-0.05, 0) is 62.6 Å². The molecule has 270 valence electrons. The molecular formula is C36H35ClF2N7O5S+. The first-order chi connectivity index (χ1) is 24.8. The fraction of sp³-hybridized carbons (Fsp3) is 0.278. The first-order valence-corrected chi connectivity index (χ1v) is 17.2. The molecule has 1 amide bonds. The van der Waals surface area contributed by atoms with Crippen LogP contribution in [0.5, 0.6) is 0 Å². The second-order valence-electron chi connectivity index (χ2n) is 12.4. The van der Waals surface area contributed by atoms with Crippen LogP contribution in [0, 0.1) is 23.0 Å². The summed E-state index contributed by atoms with van der Waals surface area (Å²) in [4.78, 5) is 35.5. The molecule has 0 saturated carbocycles. The predicted molar refractivity (Wildman–Crippen MR) is 193 cm³/mol. The van der Waals surface area contributed by atoms with Gasteiger partial charge in [0.1, 0.15) is 37.9 Å². The Hall–Kier alpha value is -5.11. The number of anilines is 1. The number of hydrogen-bond donors (Lipinski definition) is 2. The minimum absolute atomic E-state index is 0.0383. The van der Waals surface area contributed by atoms with Crippen molar-refractivity contribution in [1.82, 2.24) is 9.88 Å². The Morgan fingerprint density at radius 1 is 1.13 bits per heavy atom. The summed E-state index contributed by atoms with van der Waals surface area (Å²) in [5.41, 5.74) is 0.161. The summed E-state index contributed by atoms with van der Waals surface area (Å²) >= 11 is 7.38. The quantitative estimate of drug-likeness (QED) is 0.113. The van der Waals surface area contributed by atoms with E-state index < -0.39 is 39.8 Å². The molecule has 0 fully saturated rings. The van der Waals surface area contributed by atoms with Crippen LogP contribution in [0.3, 0.4) is 0 Å². The number of carbonyl (C=O) groups excluding carboxylic acids is 2. The molecular weight excluding hydrogens is 716 g/mol. The van der Waals surface area contributed by atoms with Crippen molar-refractivity contribution >= 4 is 53.4 Å². The molecule has 2 heterocycles. The number of nitrogens with one attached hydrogen (secondary N) is 1. The fourth-order valence-electron chi connectivity index (χ4n) is 5.54. The Morgan fingerprint density at radius 3 is 2.60 bits per heavy atom. The monoisotopic (exact) mass is 750 g/mol. The standard InChI is InChI=1S/C36H34ClF2N7O5S/c1-23(34-43-32(19-52-34)25-6-4-24(16-40)5-7-25)36(49,29-15-28(38)9-10-30(29)39)20-46(22-41-21-42-46)12-13-50-35(48)44-31-11-8-27(37)14-26(31)18-51-33(47)17-45(2)3/h4-11,14-15,19,21-23,49H,12-13,17-18,20H2,1-3H3/p+1/t23-,36+,46?/m0/s1. The van der Waals surface area contributed by atoms with Crippen molar-refractivity contribution < 1.29 is 37.5 Å². The summed E-state index contributed by atoms with van der Waals surface area (Å²) in [5.74, 6) is -2.94. The molecule has 0 spiro atoms. The molecule has 1 aliphatic heterocycles. The van der Waals surface area contributed by atoms with Gasteiger partial charge in [-0.1, -0.05) is 35.8 Å². The molecule has 0 bridgehead atoms. The first-order valence-electron chi connectivity index (χ1n) is 15.9. The molecule has 3 aromatic carbocycles. The third-order valence-electron chi connectivity index (χ3n) is 8.31. The summed E-state index contributed by atoms with van der Waals surface area (Å²) in [6.45, 7) is 0.987. The largest absolute Gasteiger partial charge is 0.460 e. The average Bonchev–Trinajstić information content (AvgIpc) is 3.79. The number of thiazole rings is 1. The Kier molecular flexibility index (Phi) is 12.1. The van der Waals surface area contributed by atoms with Crippen molar-refractivity contribution in [3.8, 4) is 17.3 Å². The smallest absolute Gasteiger partial charge is 0.411 e. The molecule has 1 unspecified atom stereocenters. The van der Waals surface area contributed by atoms with Gasteiger partial charge in [0.25, 0.3) is 0 Å². The number of aromatic nitrogens is 1. The third kappa shape index (κ3) is 9.21. The summed E-state index contributed by atoms with van der Waals surface area (Å²) in [5, 5.41) is 31.3. The average molecular weight is 751 g/mol. The van der Waals surface area contributed by atoms with E-state index in [4.69, 9.17) is 31.3 Å². The van der Waals surface area contributed by atoms with Gasteiger partial charge < -0.3 is 14.6 Å². The van der Waals surface area contributed by atoms with Gasteiger partial charge >= 0.3 is 12.1 Å². The number of likely N-dealkylation sites (N-methyl/N-ethyl adjacent to an activating group) is 1. The number of carbonyl (C=O) groups is 2. The van der Waals surface area contributed by atoms with E-state index in [0.29, 0.717) is 32.5 Å². The second kappa shape index (κ2) is 16.5. The van der Waals surface area contributed by atoms with Crippen LogP contribution < -0.4 is 5.32 Å². The Balaban J connectivity index is 1.34. The Bertz CT molecular complexity index is 2020. The third-order valence-corrected chi connectivity index (χ3v) is 9.57. The van der Waals surface area contributed by atoms with Crippen LogP contribution in [-0.2, 0) is 26.5 Å². The highest BCUT2D eigenvalue weighted by molar-refractivity contribution is 7.10. The normalized spacial score (nSPS) is 16.7. The van der Waals surface area contributed by atoms with E-state index in [-0.39, 0.29) is 38.4 Å². The molecule has 52 heavy (non-hydrogen) atoms. The highest BCUT2D eigenvalue weighted by Gasteiger charge is 2.49. The predicted octanol–water partition coefficient (Wildman–Crippen LogP) is 6.26. The zero-order chi connectivity index (χ0) is 37.5. The molecule has 4 aromatic rings. The lowest BCUT2D eigenvalue weighted by molar-refractivity contribution is -0.848. The first kappa shape index (κ1) is 38.1. The van der Waals surface area contributed by atoms with Crippen molar-refractivity contribution in [2.24, 2.45) is 10.1 Å². The SMILES string of the molecule is C[C@@H](c1nc(-c2ccc(C#N)cc2)cs1)[C@](O)(C[N+]1(CCOC(=O)Nc2ccc(Cl)cc2COC(=O)CN(C)C)C=NC=N1)c1cc(F)ccc1F. The van der Waals surface area contributed by atoms with E-state index in [1.165, 1.54) is 24.0 Å². The van der Waals surface area contributed by atoms with Crippen LogP contribution >= 0.6 is 22.9 Å². The maximum Gasteiger partial charge on any atom is 0.411 e. The van der Waals surface area contributed by atoms with Crippen molar-refractivity contribution in [1.29, 1.82) is 5.26 Å². The van der Waals surface area contributed by atoms with Gasteiger partial charge in [0.05, 0.1) is 34.6 Å². The lowest BCUT2D eigenvalue weighted by Crippen LogP contribution is -2.54. The van der Waals surface area contributed by atoms with Crippen LogP contribution in [0.25, 0.3) is 11.3 Å². The number of nitriles is 1. The zero-order valence-electron chi connectivity index (χ0n) is 28.4. The fourth-order valence-corrected chi connectivity index (χ4v) is 6.71. The lowest BCUT2D eigenvalue weighted by Gasteiger charge is -2.38. The highest BCUT2D eigenvalue weighted by atomic mass is 35.5. The number of benzene rings is 3. The van der Waals surface area contributed by atoms with E-state index in [9.17, 15) is 19.1 Å². The number of aliphatic hydroxyl groups is 1. The molecule has 5 rings (SSSR count). The Morgan fingerprint density at radius 2 is 1.90 bits per heavy atom. The highest BCUT2D eigenvalue weighted by Crippen LogP contribution is 2.42. The molecule has 12 nitrogen and oxygen atoms in total. The number of ether oxygens (including phenoxy) is 2. The van der Waals surface area contributed by atoms with Crippen molar-refractivity contribution in [2.75, 3.05) is 45.7 Å². The van der Waals surface area contributed by atoms with Crippen LogP contribution in [0.2, 0.25) is 5.02 Å². The minimum atomic E-state index is -2.09. The van der Waals surface area contributed by atoms with Gasteiger partial charge in [0.15, 0.2) is 11.9 Å². The van der Waals surface area contributed by atoms with Crippen LogP contribution in [0.1, 0.15) is 34.5 Å². The van der Waals surface area contributed by atoms with Crippen molar-refractivity contribution in [2.45, 2.75) is 25.0 Å². The number of halogens is 3. The summed E-state index contributed by atoms with van der Waals surface area (Å²) in [6.07, 6.45) is 1.84. The van der Waals surface area contributed by atoms with Crippen molar-refractivity contribution in [3.05, 3.63) is 104 Å². The van der Waals surface area contributed by atoms with Gasteiger partial charge in [-0.25, -0.2) is 18.6 Å². The second-order valence-corrected chi connectivity index (χ2v) is 13.7. The topological polar surface area (TPSA) is 150 Å². The zero-order valence-corrected chi connectivity index (χ0v) is 30.0. The number of esters is 1. The van der Waals surface area contributed by atoms with E-state index in [1.54, 1.807) is 73.8 Å². The molecule has 0 saturated heterocycles. The van der Waals surface area contributed by atoms with Gasteiger partial charge in [0, 0.05) is 33.0 Å². The van der Waals surface area contributed by atoms with Crippen molar-refractivity contribution in [3.63, 3.8) is 0 Å². The molecule has 16 heteroatoms. The number of quaternary nitrogens is 1. The number of nitrogens with zero attached hydrogens (tertiary/aromatic N) is 6. The number of amides is 1. The van der Waals surface area contributed by atoms with Gasteiger partial charge in [0.2, 0.25) is 6.34 Å². The van der Waals surface area contributed by atoms with Crippen LogP contribution in [-0.4, -0.2) is 84.7 Å². The van der Waals surface area contributed by atoms with E-state index in [0.717, 1.165) is 23.8 Å². The number of rotatable bonds is 14. The van der Waals surface area contributed by atoms with E-state index >= 15 is 4.39 Å². The molecule has 0 radical (unpaired) electrons. The molecule has 0 aliphatic carbocycles. The number of hydrogen-bond acceptors (Lipinski definition) is 11. The lowest BCUT2D eigenvalue weighted by atomic mass is 9.81. The number of aliphatic imine (C=N–C) groups is 1. The van der Waals surface area contributed by atoms with Crippen LogP contribution in [0.15, 0.2) is 76.1 Å². The summed E-state index contributed by atoms with van der Waals surface area (Å²) in [7, 11) is 3.46. The van der Waals surface area contributed by atoms with Gasteiger partial charge in [-0.15, -0.1) is 15.9 Å². The molecule has 3 atom stereocenters. The maximum absolute atomic E-state index is 15.5. The molecule has 1 aliphatic rings. The summed E-state index contributed by atoms with van der Waals surface area (Å²) in [6, 6.07) is 16.4. The molecule has 1 aromatic heterocycles. The minimum Gasteiger partial charge on any atom is -0.460 e. The Labute approximate surface area is 307 Å². The maximum atomic E-state index is 15.5. The van der Waals surface area contributed by atoms with Crippen LogP contribution in [0.4, 0.5) is 19.3 Å².